The zero-order chi connectivity index (χ0) is 24.0. The number of aromatic nitrogens is 3. The molecule has 10 heteroatoms. The van der Waals surface area contributed by atoms with E-state index in [0.717, 1.165) is 31.4 Å². The molecule has 0 saturated heterocycles. The number of nitrogens with zero attached hydrogens (tertiary/aromatic N) is 2. The summed E-state index contributed by atoms with van der Waals surface area (Å²) in [5, 5.41) is 12.9. The highest BCUT2D eigenvalue weighted by molar-refractivity contribution is 6.09. The lowest BCUT2D eigenvalue weighted by molar-refractivity contribution is -0.137. The summed E-state index contributed by atoms with van der Waals surface area (Å²) in [5.74, 6) is 0.315. The molecule has 1 amide bonds. The number of H-pyrrole nitrogens is 1. The van der Waals surface area contributed by atoms with Gasteiger partial charge in [-0.2, -0.15) is 13.2 Å². The van der Waals surface area contributed by atoms with Crippen molar-refractivity contribution >= 4 is 16.9 Å². The first-order valence-corrected chi connectivity index (χ1v) is 11.4. The van der Waals surface area contributed by atoms with E-state index >= 15 is 0 Å². The molecule has 1 aromatic carbocycles. The molecule has 2 fully saturated rings. The number of aromatic amines is 1. The van der Waals surface area contributed by atoms with Gasteiger partial charge in [-0.1, -0.05) is 0 Å². The Morgan fingerprint density at radius 2 is 2.03 bits per heavy atom. The first-order valence-electron chi connectivity index (χ1n) is 11.4. The minimum Gasteiger partial charge on any atom is -0.493 e. The molecule has 2 aliphatic rings. The summed E-state index contributed by atoms with van der Waals surface area (Å²) in [7, 11) is 0. The van der Waals surface area contributed by atoms with Gasteiger partial charge in [0.15, 0.2) is 0 Å². The lowest BCUT2D eigenvalue weighted by atomic mass is 10.0. The molecule has 2 saturated carbocycles. The average Bonchev–Trinajstić information content (AvgIpc) is 3.44. The smallest absolute Gasteiger partial charge is 0.416 e. The summed E-state index contributed by atoms with van der Waals surface area (Å²) < 4.78 is 46.4. The number of hydrogen-bond donors (Lipinski definition) is 3. The number of halogens is 3. The number of alkyl halides is 3. The molecule has 2 heterocycles. The van der Waals surface area contributed by atoms with Gasteiger partial charge in [0.25, 0.3) is 5.91 Å². The highest BCUT2D eigenvalue weighted by Crippen LogP contribution is 2.40. The zero-order valence-electron chi connectivity index (χ0n) is 18.6. The number of fused-ring (bicyclic) bond motifs is 1. The van der Waals surface area contributed by atoms with Gasteiger partial charge in [-0.05, 0) is 63.1 Å². The molecule has 5 rings (SSSR count). The van der Waals surface area contributed by atoms with E-state index < -0.39 is 23.8 Å². The van der Waals surface area contributed by atoms with Crippen LogP contribution in [0.15, 0.2) is 24.5 Å². The Hall–Kier alpha value is -3.14. The average molecular weight is 474 g/mol. The van der Waals surface area contributed by atoms with Gasteiger partial charge in [0.2, 0.25) is 0 Å². The van der Waals surface area contributed by atoms with Crippen LogP contribution in [0.5, 0.6) is 5.75 Å². The van der Waals surface area contributed by atoms with Crippen molar-refractivity contribution in [2.75, 3.05) is 6.61 Å². The zero-order valence-corrected chi connectivity index (χ0v) is 18.6. The fourth-order valence-electron chi connectivity index (χ4n) is 4.46. The van der Waals surface area contributed by atoms with Gasteiger partial charge in [0.05, 0.1) is 35.4 Å². The largest absolute Gasteiger partial charge is 0.493 e. The number of nitrogens with one attached hydrogen (secondary N) is 2. The van der Waals surface area contributed by atoms with Crippen molar-refractivity contribution in [1.29, 1.82) is 0 Å². The Kier molecular flexibility index (Phi) is 5.71. The maximum atomic E-state index is 13.5. The number of hydrogen-bond acceptors (Lipinski definition) is 5. The number of carbonyl (C=O) groups excluding carboxylic acids is 1. The summed E-state index contributed by atoms with van der Waals surface area (Å²) in [6.07, 6.45) is 0.311. The van der Waals surface area contributed by atoms with Crippen LogP contribution < -0.4 is 10.1 Å². The van der Waals surface area contributed by atoms with Gasteiger partial charge in [0, 0.05) is 11.3 Å². The van der Waals surface area contributed by atoms with Crippen molar-refractivity contribution < 1.29 is 27.8 Å². The summed E-state index contributed by atoms with van der Waals surface area (Å²) in [5.41, 5.74) is 1.04. The van der Waals surface area contributed by atoms with Gasteiger partial charge in [-0.25, -0.2) is 9.97 Å². The van der Waals surface area contributed by atoms with E-state index in [1.54, 1.807) is 6.92 Å². The van der Waals surface area contributed by atoms with Gasteiger partial charge in [-0.15, -0.1) is 0 Å². The predicted molar refractivity (Wildman–Crippen MR) is 118 cm³/mol. The van der Waals surface area contributed by atoms with Gasteiger partial charge >= 0.3 is 6.18 Å². The summed E-state index contributed by atoms with van der Waals surface area (Å²) in [4.78, 5) is 24.7. The molecule has 0 bridgehead atoms. The molecule has 34 heavy (non-hydrogen) atoms. The standard InChI is InChI=1S/C24H25F3N4O3/c1-12-19(23(33)31-16-3-2-4-17(16)32)21-22(30-12)20(28-11-29-21)15-9-14(24(25,26)27)7-8-18(15)34-10-13-5-6-13/h7-9,11,13,16-17,30,32H,2-6,10H2,1H3,(H,31,33)/t16-,17-/m1/s1. The second kappa shape index (κ2) is 8.57. The fraction of sp³-hybridized carbons (Fsp3) is 0.458. The molecule has 0 radical (unpaired) electrons. The monoisotopic (exact) mass is 474 g/mol. The van der Waals surface area contributed by atoms with Crippen LogP contribution in [0.3, 0.4) is 0 Å². The molecule has 0 aliphatic heterocycles. The Morgan fingerprint density at radius 1 is 1.24 bits per heavy atom. The minimum absolute atomic E-state index is 0.183. The van der Waals surface area contributed by atoms with Crippen molar-refractivity contribution in [3.8, 4) is 17.0 Å². The van der Waals surface area contributed by atoms with Gasteiger partial charge in [0.1, 0.15) is 23.3 Å². The maximum absolute atomic E-state index is 13.5. The quantitative estimate of drug-likeness (QED) is 0.492. The second-order valence-corrected chi connectivity index (χ2v) is 9.11. The maximum Gasteiger partial charge on any atom is 0.416 e. The van der Waals surface area contributed by atoms with Crippen LogP contribution in [-0.2, 0) is 6.18 Å². The minimum atomic E-state index is -4.53. The third kappa shape index (κ3) is 4.34. The number of aliphatic hydroxyl groups excluding tert-OH is 1. The van der Waals surface area contributed by atoms with Crippen LogP contribution in [-0.4, -0.2) is 44.7 Å². The molecule has 0 unspecified atom stereocenters. The van der Waals surface area contributed by atoms with Gasteiger partial charge < -0.3 is 20.1 Å². The van der Waals surface area contributed by atoms with Crippen molar-refractivity contribution in [2.45, 2.75) is 57.3 Å². The third-order valence-electron chi connectivity index (χ3n) is 6.53. The summed E-state index contributed by atoms with van der Waals surface area (Å²) in [6.45, 7) is 2.12. The molecule has 3 N–H and O–H groups in total. The number of aryl methyl sites for hydroxylation is 1. The first-order chi connectivity index (χ1) is 16.2. The molecule has 7 nitrogen and oxygen atoms in total. The van der Waals surface area contributed by atoms with Crippen molar-refractivity contribution in [3.63, 3.8) is 0 Å². The van der Waals surface area contributed by atoms with Crippen LogP contribution in [0.4, 0.5) is 13.2 Å². The van der Waals surface area contributed by atoms with Crippen LogP contribution in [0, 0.1) is 12.8 Å². The van der Waals surface area contributed by atoms with Crippen molar-refractivity contribution in [3.05, 3.63) is 41.3 Å². The van der Waals surface area contributed by atoms with E-state index in [4.69, 9.17) is 4.74 Å². The molecule has 2 aliphatic carbocycles. The van der Waals surface area contributed by atoms with Crippen LogP contribution in [0.25, 0.3) is 22.3 Å². The number of carbonyl (C=O) groups is 1. The van der Waals surface area contributed by atoms with Crippen LogP contribution in [0.1, 0.15) is 53.7 Å². The van der Waals surface area contributed by atoms with Crippen molar-refractivity contribution in [1.82, 2.24) is 20.3 Å². The lowest BCUT2D eigenvalue weighted by Crippen LogP contribution is -2.40. The Morgan fingerprint density at radius 3 is 2.71 bits per heavy atom. The second-order valence-electron chi connectivity index (χ2n) is 9.11. The molecule has 3 aromatic rings. The van der Waals surface area contributed by atoms with E-state index in [1.165, 1.54) is 12.4 Å². The lowest BCUT2D eigenvalue weighted by Gasteiger charge is -2.16. The number of benzene rings is 1. The van der Waals surface area contributed by atoms with Crippen molar-refractivity contribution in [2.24, 2.45) is 5.92 Å². The highest BCUT2D eigenvalue weighted by Gasteiger charge is 2.33. The fourth-order valence-corrected chi connectivity index (χ4v) is 4.46. The molecule has 0 spiro atoms. The Balaban J connectivity index is 1.57. The number of ether oxygens (including phenoxy) is 1. The van der Waals surface area contributed by atoms with E-state index in [2.05, 4.69) is 20.3 Å². The highest BCUT2D eigenvalue weighted by atomic mass is 19.4. The van der Waals surface area contributed by atoms with Crippen LogP contribution in [0.2, 0.25) is 0 Å². The molecule has 2 atom stereocenters. The molecule has 180 valence electrons. The third-order valence-corrected chi connectivity index (χ3v) is 6.53. The Labute approximate surface area is 193 Å². The molecular formula is C24H25F3N4O3. The topological polar surface area (TPSA) is 100 Å². The van der Waals surface area contributed by atoms with Gasteiger partial charge in [-0.3, -0.25) is 4.79 Å². The molecule has 2 aromatic heterocycles. The number of rotatable bonds is 6. The summed E-state index contributed by atoms with van der Waals surface area (Å²) >= 11 is 0. The number of aliphatic hydroxyl groups is 1. The summed E-state index contributed by atoms with van der Waals surface area (Å²) in [6, 6.07) is 2.99. The Bertz CT molecular complexity index is 1240. The normalized spacial score (nSPS) is 20.6. The predicted octanol–water partition coefficient (Wildman–Crippen LogP) is 4.38. The van der Waals surface area contributed by atoms with E-state index in [0.29, 0.717) is 47.8 Å². The van der Waals surface area contributed by atoms with Crippen LogP contribution >= 0.6 is 0 Å². The SMILES string of the molecule is Cc1[nH]c2c(-c3cc(C(F)(F)F)ccc3OCC3CC3)ncnc2c1C(=O)N[C@@H]1CCC[C@H]1O. The first kappa shape index (κ1) is 22.6. The molecular weight excluding hydrogens is 449 g/mol. The van der Waals surface area contributed by atoms with E-state index in [1.807, 2.05) is 0 Å². The van der Waals surface area contributed by atoms with E-state index in [9.17, 15) is 23.1 Å². The van der Waals surface area contributed by atoms with E-state index in [-0.39, 0.29) is 22.9 Å². The number of amides is 1.